The van der Waals surface area contributed by atoms with Gasteiger partial charge in [0.25, 0.3) is 5.91 Å². The molecule has 156 valence electrons. The predicted molar refractivity (Wildman–Crippen MR) is 117 cm³/mol. The zero-order chi connectivity index (χ0) is 21.3. The van der Waals surface area contributed by atoms with Gasteiger partial charge in [0.1, 0.15) is 6.10 Å². The van der Waals surface area contributed by atoms with Crippen LogP contribution in [0.25, 0.3) is 0 Å². The third-order valence-electron chi connectivity index (χ3n) is 6.11. The number of nitrogens with one attached hydrogen (secondary N) is 1. The van der Waals surface area contributed by atoms with Crippen LogP contribution in [0.5, 0.6) is 0 Å². The molecule has 2 amide bonds. The summed E-state index contributed by atoms with van der Waals surface area (Å²) < 4.78 is 5.97. The molecule has 6 nitrogen and oxygen atoms in total. The first-order chi connectivity index (χ1) is 15.2. The molecule has 1 aromatic heterocycles. The van der Waals surface area contributed by atoms with Crippen molar-refractivity contribution in [2.45, 2.75) is 24.5 Å². The molecular formula is C25H23N3O3. The number of amides is 2. The van der Waals surface area contributed by atoms with Crippen LogP contribution in [0.2, 0.25) is 0 Å². The van der Waals surface area contributed by atoms with E-state index in [1.807, 2.05) is 71.6 Å². The van der Waals surface area contributed by atoms with E-state index < -0.39 is 6.10 Å². The normalized spacial score (nSPS) is 21.8. The molecule has 0 saturated carbocycles. The summed E-state index contributed by atoms with van der Waals surface area (Å²) in [5.41, 5.74) is 3.18. The third kappa shape index (κ3) is 3.59. The van der Waals surface area contributed by atoms with Crippen molar-refractivity contribution in [2.24, 2.45) is 0 Å². The fraction of sp³-hybridized carbons (Fsp3) is 0.240. The number of nitrogens with zero attached hydrogens (tertiary/aromatic N) is 2. The van der Waals surface area contributed by atoms with Gasteiger partial charge in [-0.1, -0.05) is 42.5 Å². The Labute approximate surface area is 180 Å². The van der Waals surface area contributed by atoms with Crippen LogP contribution in [0, 0.1) is 0 Å². The Morgan fingerprint density at radius 3 is 2.68 bits per heavy atom. The van der Waals surface area contributed by atoms with E-state index in [4.69, 9.17) is 4.74 Å². The maximum Gasteiger partial charge on any atom is 0.258 e. The van der Waals surface area contributed by atoms with E-state index in [-0.39, 0.29) is 17.2 Å². The summed E-state index contributed by atoms with van der Waals surface area (Å²) in [7, 11) is 0. The summed E-state index contributed by atoms with van der Waals surface area (Å²) in [6, 6.07) is 21.0. The lowest BCUT2D eigenvalue weighted by Gasteiger charge is -2.23. The van der Waals surface area contributed by atoms with Gasteiger partial charge in [-0.15, -0.1) is 0 Å². The summed E-state index contributed by atoms with van der Waals surface area (Å²) in [6.07, 6.45) is 3.44. The standard InChI is InChI=1S/C25H23N3O3/c29-23(27-15-18-7-6-12-26-14-18)22-13-25(17-31-22)16-28(21-11-5-4-10-20(21)25)24(30)19-8-2-1-3-9-19/h1-12,14,22H,13,15-17H2,(H,27,29). The van der Waals surface area contributed by atoms with Crippen molar-refractivity contribution >= 4 is 17.5 Å². The van der Waals surface area contributed by atoms with E-state index >= 15 is 0 Å². The molecule has 2 unspecified atom stereocenters. The predicted octanol–water partition coefficient (Wildman–Crippen LogP) is 3.09. The van der Waals surface area contributed by atoms with Crippen LogP contribution in [-0.2, 0) is 21.5 Å². The molecule has 1 spiro atoms. The molecule has 1 N–H and O–H groups in total. The van der Waals surface area contributed by atoms with Gasteiger partial charge in [0.2, 0.25) is 5.91 Å². The number of aromatic nitrogens is 1. The lowest BCUT2D eigenvalue weighted by molar-refractivity contribution is -0.130. The van der Waals surface area contributed by atoms with Gasteiger partial charge in [-0.3, -0.25) is 14.6 Å². The molecule has 1 fully saturated rings. The summed E-state index contributed by atoms with van der Waals surface area (Å²) in [5.74, 6) is -0.166. The average molecular weight is 413 g/mol. The molecule has 0 aliphatic carbocycles. The van der Waals surface area contributed by atoms with Crippen LogP contribution >= 0.6 is 0 Å². The Hall–Kier alpha value is -3.51. The van der Waals surface area contributed by atoms with Gasteiger partial charge in [0.05, 0.1) is 6.61 Å². The van der Waals surface area contributed by atoms with E-state index in [0.29, 0.717) is 31.7 Å². The number of hydrogen-bond acceptors (Lipinski definition) is 4. The lowest BCUT2D eigenvalue weighted by atomic mass is 9.80. The number of carbonyl (C=O) groups excluding carboxylic acids is 2. The molecule has 3 heterocycles. The van der Waals surface area contributed by atoms with Gasteiger partial charge < -0.3 is 15.0 Å². The van der Waals surface area contributed by atoms with Crippen molar-refractivity contribution in [2.75, 3.05) is 18.1 Å². The van der Waals surface area contributed by atoms with Crippen LogP contribution in [0.15, 0.2) is 79.1 Å². The lowest BCUT2D eigenvalue weighted by Crippen LogP contribution is -2.39. The Morgan fingerprint density at radius 2 is 1.87 bits per heavy atom. The number of benzene rings is 2. The van der Waals surface area contributed by atoms with Gasteiger partial charge in [-0.05, 0) is 41.8 Å². The van der Waals surface area contributed by atoms with Crippen molar-refractivity contribution in [3.05, 3.63) is 95.8 Å². The van der Waals surface area contributed by atoms with Crippen LogP contribution in [-0.4, -0.2) is 36.1 Å². The maximum atomic E-state index is 13.2. The van der Waals surface area contributed by atoms with Crippen LogP contribution in [0.4, 0.5) is 5.69 Å². The molecule has 6 heteroatoms. The third-order valence-corrected chi connectivity index (χ3v) is 6.11. The SMILES string of the molecule is O=C(NCc1cccnc1)C1CC2(CO1)CN(C(=O)c1ccccc1)c1ccccc12. The summed E-state index contributed by atoms with van der Waals surface area (Å²) in [4.78, 5) is 31.9. The van der Waals surface area contributed by atoms with Gasteiger partial charge in [-0.2, -0.15) is 0 Å². The van der Waals surface area contributed by atoms with Gasteiger partial charge >= 0.3 is 0 Å². The van der Waals surface area contributed by atoms with E-state index in [2.05, 4.69) is 10.3 Å². The Morgan fingerprint density at radius 1 is 1.06 bits per heavy atom. The molecule has 3 aromatic rings. The highest BCUT2D eigenvalue weighted by Gasteiger charge is 2.51. The molecule has 0 bridgehead atoms. The van der Waals surface area contributed by atoms with Crippen molar-refractivity contribution in [1.82, 2.24) is 10.3 Å². The molecule has 2 atom stereocenters. The second-order valence-corrected chi connectivity index (χ2v) is 8.14. The van der Waals surface area contributed by atoms with Crippen molar-refractivity contribution < 1.29 is 14.3 Å². The number of anilines is 1. The van der Waals surface area contributed by atoms with Crippen molar-refractivity contribution in [3.8, 4) is 0 Å². The van der Waals surface area contributed by atoms with Crippen molar-refractivity contribution in [1.29, 1.82) is 0 Å². The van der Waals surface area contributed by atoms with E-state index in [1.165, 1.54) is 0 Å². The fourth-order valence-corrected chi connectivity index (χ4v) is 4.55. The van der Waals surface area contributed by atoms with Crippen LogP contribution in [0.1, 0.15) is 27.9 Å². The monoisotopic (exact) mass is 413 g/mol. The Kier molecular flexibility index (Phi) is 5.00. The number of para-hydroxylation sites is 1. The second-order valence-electron chi connectivity index (χ2n) is 8.14. The molecule has 0 radical (unpaired) electrons. The molecule has 1 saturated heterocycles. The number of ether oxygens (including phenoxy) is 1. The number of fused-ring (bicyclic) bond motifs is 2. The summed E-state index contributed by atoms with van der Waals surface area (Å²) in [5, 5.41) is 2.95. The van der Waals surface area contributed by atoms with Crippen LogP contribution in [0.3, 0.4) is 0 Å². The average Bonchev–Trinajstić information content (AvgIpc) is 3.41. The molecule has 2 aliphatic heterocycles. The largest absolute Gasteiger partial charge is 0.367 e. The van der Waals surface area contributed by atoms with Crippen LogP contribution < -0.4 is 10.2 Å². The first kappa shape index (κ1) is 19.5. The van der Waals surface area contributed by atoms with E-state index in [0.717, 1.165) is 16.8 Å². The molecular weight excluding hydrogens is 390 g/mol. The van der Waals surface area contributed by atoms with E-state index in [9.17, 15) is 9.59 Å². The zero-order valence-electron chi connectivity index (χ0n) is 17.0. The highest BCUT2D eigenvalue weighted by molar-refractivity contribution is 6.07. The highest BCUT2D eigenvalue weighted by atomic mass is 16.5. The van der Waals surface area contributed by atoms with E-state index in [1.54, 1.807) is 12.4 Å². The minimum absolute atomic E-state index is 0.0330. The number of pyridine rings is 1. The topological polar surface area (TPSA) is 71.5 Å². The van der Waals surface area contributed by atoms with Crippen molar-refractivity contribution in [3.63, 3.8) is 0 Å². The minimum Gasteiger partial charge on any atom is -0.367 e. The minimum atomic E-state index is -0.545. The first-order valence-corrected chi connectivity index (χ1v) is 10.4. The highest BCUT2D eigenvalue weighted by Crippen LogP contribution is 2.47. The zero-order valence-corrected chi connectivity index (χ0v) is 17.0. The molecule has 5 rings (SSSR count). The smallest absolute Gasteiger partial charge is 0.258 e. The molecule has 31 heavy (non-hydrogen) atoms. The maximum absolute atomic E-state index is 13.2. The van der Waals surface area contributed by atoms with Gasteiger partial charge in [-0.25, -0.2) is 0 Å². The number of hydrogen-bond donors (Lipinski definition) is 1. The quantitative estimate of drug-likeness (QED) is 0.714. The van der Waals surface area contributed by atoms with Gasteiger partial charge in [0, 0.05) is 42.1 Å². The fourth-order valence-electron chi connectivity index (χ4n) is 4.55. The second kappa shape index (κ2) is 7.96. The number of rotatable bonds is 4. The number of carbonyl (C=O) groups is 2. The first-order valence-electron chi connectivity index (χ1n) is 10.4. The summed E-state index contributed by atoms with van der Waals surface area (Å²) >= 11 is 0. The summed E-state index contributed by atoms with van der Waals surface area (Å²) in [6.45, 7) is 1.33. The van der Waals surface area contributed by atoms with Gasteiger partial charge in [0.15, 0.2) is 0 Å². The Balaban J connectivity index is 1.34. The molecule has 2 aromatic carbocycles. The molecule has 2 aliphatic rings. The Bertz CT molecular complexity index is 1100.